The van der Waals surface area contributed by atoms with Gasteiger partial charge in [-0.2, -0.15) is 10.2 Å². The number of allylic oxidation sites excluding steroid dienone is 1. The molecule has 0 saturated carbocycles. The molecule has 0 N–H and O–H groups in total. The molecule has 0 amide bonds. The van der Waals surface area contributed by atoms with Crippen molar-refractivity contribution >= 4 is 33.2 Å². The molecule has 0 bridgehead atoms. The Morgan fingerprint density at radius 2 is 1.83 bits per heavy atom. The fourth-order valence-corrected chi connectivity index (χ4v) is 4.71. The molecule has 4 rings (SSSR count). The number of halogens is 1. The van der Waals surface area contributed by atoms with Crippen LogP contribution in [0.4, 0.5) is 0 Å². The van der Waals surface area contributed by atoms with Gasteiger partial charge in [0.2, 0.25) is 15.7 Å². The molecule has 0 aliphatic carbocycles. The minimum Gasteiger partial charge on any atom is -0.438 e. The molecule has 0 aliphatic rings. The summed E-state index contributed by atoms with van der Waals surface area (Å²) in [5, 5.41) is 10.1. The van der Waals surface area contributed by atoms with E-state index in [0.717, 1.165) is 23.6 Å². The highest BCUT2D eigenvalue weighted by atomic mass is 35.5. The Balaban J connectivity index is 1.93. The lowest BCUT2D eigenvalue weighted by Crippen LogP contribution is -2.20. The van der Waals surface area contributed by atoms with Gasteiger partial charge in [-0.3, -0.25) is 9.20 Å². The number of pyridine rings is 1. The fraction of sp³-hybridized carbons (Fsp3) is 0.115. The highest BCUT2D eigenvalue weighted by Crippen LogP contribution is 2.28. The summed E-state index contributed by atoms with van der Waals surface area (Å²) in [5.41, 5.74) is 1.44. The van der Waals surface area contributed by atoms with Gasteiger partial charge in [0.1, 0.15) is 27.9 Å². The van der Waals surface area contributed by atoms with Crippen LogP contribution in [-0.4, -0.2) is 17.8 Å². The number of hydrogen-bond acceptors (Lipinski definition) is 6. The van der Waals surface area contributed by atoms with Crippen LogP contribution >= 0.6 is 11.6 Å². The molecule has 0 saturated heterocycles. The van der Waals surface area contributed by atoms with Crippen molar-refractivity contribution in [3.63, 3.8) is 0 Å². The third kappa shape index (κ3) is 4.83. The maximum atomic E-state index is 13.4. The highest BCUT2D eigenvalue weighted by molar-refractivity contribution is 7.95. The van der Waals surface area contributed by atoms with Crippen molar-refractivity contribution in [2.45, 2.75) is 25.2 Å². The van der Waals surface area contributed by atoms with Gasteiger partial charge in [-0.15, -0.1) is 0 Å². The van der Waals surface area contributed by atoms with E-state index in [-0.39, 0.29) is 16.3 Å². The first-order valence-corrected chi connectivity index (χ1v) is 12.5. The van der Waals surface area contributed by atoms with Crippen LogP contribution in [-0.2, 0) is 16.3 Å². The van der Waals surface area contributed by atoms with E-state index in [9.17, 15) is 18.5 Å². The number of benzene rings is 2. The van der Waals surface area contributed by atoms with Gasteiger partial charge in [-0.1, -0.05) is 36.7 Å². The van der Waals surface area contributed by atoms with Crippen molar-refractivity contribution < 1.29 is 13.2 Å². The normalized spacial score (nSPS) is 11.9. The van der Waals surface area contributed by atoms with Gasteiger partial charge >= 0.3 is 0 Å². The second kappa shape index (κ2) is 9.74. The first-order valence-electron chi connectivity index (χ1n) is 10.7. The van der Waals surface area contributed by atoms with Crippen molar-refractivity contribution in [1.82, 2.24) is 9.38 Å². The minimum atomic E-state index is -4.23. The van der Waals surface area contributed by atoms with E-state index in [1.54, 1.807) is 37.3 Å². The molecule has 2 aromatic heterocycles. The lowest BCUT2D eigenvalue weighted by atomic mass is 10.2. The van der Waals surface area contributed by atoms with Crippen LogP contribution in [0.3, 0.4) is 0 Å². The van der Waals surface area contributed by atoms with Gasteiger partial charge in [0, 0.05) is 11.2 Å². The number of ether oxygens (including phenoxy) is 1. The van der Waals surface area contributed by atoms with Gasteiger partial charge in [-0.25, -0.2) is 8.42 Å². The third-order valence-electron chi connectivity index (χ3n) is 5.39. The van der Waals surface area contributed by atoms with E-state index in [4.69, 9.17) is 16.3 Å². The van der Waals surface area contributed by atoms with Crippen LogP contribution < -0.4 is 10.3 Å². The quantitative estimate of drug-likeness (QED) is 0.327. The molecule has 4 aromatic rings. The molecular weight excluding hydrogens is 486 g/mol. The molecule has 176 valence electrons. The number of aryl methyl sites for hydroxylation is 2. The van der Waals surface area contributed by atoms with Crippen LogP contribution in [0, 0.1) is 18.3 Å². The molecule has 0 spiro atoms. The van der Waals surface area contributed by atoms with Gasteiger partial charge in [-0.05, 0) is 73.0 Å². The summed E-state index contributed by atoms with van der Waals surface area (Å²) in [6.45, 7) is 3.82. The number of hydrogen-bond donors (Lipinski definition) is 0. The van der Waals surface area contributed by atoms with Crippen LogP contribution in [0.5, 0.6) is 11.6 Å². The van der Waals surface area contributed by atoms with Gasteiger partial charge in [0.25, 0.3) is 5.56 Å². The Bertz CT molecular complexity index is 1650. The predicted octanol–water partition coefficient (Wildman–Crippen LogP) is 5.35. The second-order valence-electron chi connectivity index (χ2n) is 7.70. The summed E-state index contributed by atoms with van der Waals surface area (Å²) in [6, 6.07) is 17.8. The van der Waals surface area contributed by atoms with Gasteiger partial charge in [0.15, 0.2) is 0 Å². The molecule has 35 heavy (non-hydrogen) atoms. The average Bonchev–Trinajstić information content (AvgIpc) is 2.85. The van der Waals surface area contributed by atoms with Crippen molar-refractivity contribution in [1.29, 1.82) is 5.26 Å². The summed E-state index contributed by atoms with van der Waals surface area (Å²) in [4.78, 5) is 17.2. The standard InChI is InChI=1S/C26H20ClN3O4S/c1-3-18-6-10-20(11-7-18)34-25-23(26(31)30-14-4-5-17(2)24(30)29-25)15-22(16-28)35(32,33)21-12-8-19(27)9-13-21/h4-15H,3H2,1-2H3/b22-15-. The zero-order valence-electron chi connectivity index (χ0n) is 18.9. The van der Waals surface area contributed by atoms with E-state index in [2.05, 4.69) is 4.98 Å². The Morgan fingerprint density at radius 3 is 2.46 bits per heavy atom. The van der Waals surface area contributed by atoms with E-state index in [1.807, 2.05) is 19.1 Å². The Kier molecular flexibility index (Phi) is 6.74. The van der Waals surface area contributed by atoms with E-state index in [0.29, 0.717) is 16.4 Å². The molecule has 0 fully saturated rings. The molecule has 2 heterocycles. The Morgan fingerprint density at radius 1 is 1.14 bits per heavy atom. The molecule has 0 atom stereocenters. The first kappa shape index (κ1) is 24.2. The highest BCUT2D eigenvalue weighted by Gasteiger charge is 2.24. The number of nitrogens with zero attached hydrogens (tertiary/aromatic N) is 3. The smallest absolute Gasteiger partial charge is 0.269 e. The Labute approximate surface area is 207 Å². The molecule has 0 radical (unpaired) electrons. The number of rotatable bonds is 6. The van der Waals surface area contributed by atoms with Crippen molar-refractivity contribution in [2.75, 3.05) is 0 Å². The van der Waals surface area contributed by atoms with Crippen molar-refractivity contribution in [3.05, 3.63) is 104 Å². The topological polar surface area (TPSA) is 102 Å². The summed E-state index contributed by atoms with van der Waals surface area (Å²) in [6.07, 6.45) is 3.37. The van der Waals surface area contributed by atoms with Crippen LogP contribution in [0.2, 0.25) is 5.02 Å². The summed E-state index contributed by atoms with van der Waals surface area (Å²) < 4.78 is 33.5. The average molecular weight is 506 g/mol. The molecule has 7 nitrogen and oxygen atoms in total. The maximum Gasteiger partial charge on any atom is 0.269 e. The van der Waals surface area contributed by atoms with E-state index < -0.39 is 20.3 Å². The number of fused-ring (bicyclic) bond motifs is 1. The molecule has 0 unspecified atom stereocenters. The molecule has 0 aliphatic heterocycles. The lowest BCUT2D eigenvalue weighted by Gasteiger charge is -2.12. The first-order chi connectivity index (χ1) is 16.7. The molecular formula is C26H20ClN3O4S. The Hall–Kier alpha value is -3.93. The second-order valence-corrected chi connectivity index (χ2v) is 10.1. The minimum absolute atomic E-state index is 0.104. The van der Waals surface area contributed by atoms with E-state index >= 15 is 0 Å². The summed E-state index contributed by atoms with van der Waals surface area (Å²) in [5.74, 6) is 0.313. The van der Waals surface area contributed by atoms with Crippen molar-refractivity contribution in [3.8, 4) is 17.7 Å². The third-order valence-corrected chi connectivity index (χ3v) is 7.33. The monoisotopic (exact) mass is 505 g/mol. The largest absolute Gasteiger partial charge is 0.438 e. The lowest BCUT2D eigenvalue weighted by molar-refractivity contribution is 0.460. The van der Waals surface area contributed by atoms with Gasteiger partial charge < -0.3 is 4.74 Å². The molecule has 2 aromatic carbocycles. The number of nitriles is 1. The van der Waals surface area contributed by atoms with Crippen LogP contribution in [0.15, 0.2) is 81.5 Å². The molecule has 9 heteroatoms. The van der Waals surface area contributed by atoms with E-state index in [1.165, 1.54) is 34.9 Å². The summed E-state index contributed by atoms with van der Waals surface area (Å²) in [7, 11) is -4.23. The van der Waals surface area contributed by atoms with Crippen LogP contribution in [0.1, 0.15) is 23.6 Å². The zero-order chi connectivity index (χ0) is 25.2. The number of aromatic nitrogens is 2. The van der Waals surface area contributed by atoms with Crippen molar-refractivity contribution in [2.24, 2.45) is 0 Å². The predicted molar refractivity (Wildman–Crippen MR) is 134 cm³/mol. The zero-order valence-corrected chi connectivity index (χ0v) is 20.5. The number of sulfone groups is 1. The SMILES string of the molecule is CCc1ccc(Oc2nc3c(C)cccn3c(=O)c2/C=C(/C#N)S(=O)(=O)c2ccc(Cl)cc2)cc1. The van der Waals surface area contributed by atoms with Gasteiger partial charge in [0.05, 0.1) is 4.90 Å². The fourth-order valence-electron chi connectivity index (χ4n) is 3.44. The van der Waals surface area contributed by atoms with Crippen LogP contribution in [0.25, 0.3) is 11.7 Å². The maximum absolute atomic E-state index is 13.4. The summed E-state index contributed by atoms with van der Waals surface area (Å²) >= 11 is 5.87.